The molecule has 4 nitrogen and oxygen atoms in total. The Morgan fingerprint density at radius 3 is 2.58 bits per heavy atom. The van der Waals surface area contributed by atoms with Crippen molar-refractivity contribution < 1.29 is 9.53 Å². The number of carbonyl (C=O) groups is 1. The van der Waals surface area contributed by atoms with Gasteiger partial charge in [0.1, 0.15) is 6.10 Å². The highest BCUT2D eigenvalue weighted by atomic mass is 16.5. The third-order valence-corrected chi connectivity index (χ3v) is 3.64. The lowest BCUT2D eigenvalue weighted by Gasteiger charge is -2.44. The lowest BCUT2D eigenvalue weighted by Crippen LogP contribution is -2.57. The summed E-state index contributed by atoms with van der Waals surface area (Å²) in [4.78, 5) is 14.1. The van der Waals surface area contributed by atoms with E-state index in [-0.39, 0.29) is 24.1 Å². The van der Waals surface area contributed by atoms with Crippen LogP contribution in [0.3, 0.4) is 0 Å². The monoisotopic (exact) mass is 262 g/mol. The van der Waals surface area contributed by atoms with Crippen molar-refractivity contribution in [2.75, 3.05) is 6.61 Å². The maximum atomic E-state index is 12.2. The Bertz CT molecular complexity index is 433. The Balaban J connectivity index is 2.23. The fraction of sp³-hybridized carbons (Fsp3) is 0.533. The van der Waals surface area contributed by atoms with Crippen molar-refractivity contribution in [1.82, 2.24) is 4.90 Å². The second kappa shape index (κ2) is 5.72. The van der Waals surface area contributed by atoms with Gasteiger partial charge in [0.15, 0.2) is 0 Å². The van der Waals surface area contributed by atoms with Crippen LogP contribution in [0.5, 0.6) is 0 Å². The predicted octanol–water partition coefficient (Wildman–Crippen LogP) is 1.71. The molecule has 0 aliphatic carbocycles. The van der Waals surface area contributed by atoms with Gasteiger partial charge in [-0.2, -0.15) is 0 Å². The molecule has 0 saturated carbocycles. The molecule has 1 saturated heterocycles. The Labute approximate surface area is 114 Å². The van der Waals surface area contributed by atoms with Crippen LogP contribution in [-0.2, 0) is 9.53 Å². The summed E-state index contributed by atoms with van der Waals surface area (Å²) in [7, 11) is 0. The van der Waals surface area contributed by atoms with E-state index in [2.05, 4.69) is 0 Å². The van der Waals surface area contributed by atoms with Gasteiger partial charge < -0.3 is 15.4 Å². The number of carbonyl (C=O) groups excluding carboxylic acids is 1. The normalized spacial score (nSPS) is 29.1. The third kappa shape index (κ3) is 2.80. The molecular weight excluding hydrogens is 240 g/mol. The van der Waals surface area contributed by atoms with Gasteiger partial charge in [0.2, 0.25) is 5.91 Å². The highest BCUT2D eigenvalue weighted by Gasteiger charge is 2.37. The topological polar surface area (TPSA) is 55.6 Å². The SMILES string of the molecule is C[C@@H]1CO[C@@H](c2ccccc2)[C@H](C)N1C(=O)[C@@H](C)N. The molecule has 1 amide bonds. The lowest BCUT2D eigenvalue weighted by atomic mass is 9.98. The van der Waals surface area contributed by atoms with Crippen LogP contribution < -0.4 is 5.73 Å². The number of nitrogens with zero attached hydrogens (tertiary/aromatic N) is 1. The summed E-state index contributed by atoms with van der Waals surface area (Å²) in [5.41, 5.74) is 6.84. The number of hydrogen-bond acceptors (Lipinski definition) is 3. The molecule has 1 aromatic rings. The van der Waals surface area contributed by atoms with Gasteiger partial charge in [0, 0.05) is 0 Å². The third-order valence-electron chi connectivity index (χ3n) is 3.64. The summed E-state index contributed by atoms with van der Waals surface area (Å²) in [5.74, 6) is -0.00997. The van der Waals surface area contributed by atoms with Gasteiger partial charge >= 0.3 is 0 Å². The second-order valence-electron chi connectivity index (χ2n) is 5.29. The standard InChI is InChI=1S/C15H22N2O2/c1-10-9-19-14(13-7-5-4-6-8-13)12(3)17(10)15(18)11(2)16/h4-8,10-12,14H,9,16H2,1-3H3/t10-,11-,12+,14-/m1/s1. The Hall–Kier alpha value is -1.39. The van der Waals surface area contributed by atoms with E-state index < -0.39 is 6.04 Å². The average molecular weight is 262 g/mol. The van der Waals surface area contributed by atoms with Crippen LogP contribution in [-0.4, -0.2) is 35.5 Å². The molecule has 0 bridgehead atoms. The predicted molar refractivity (Wildman–Crippen MR) is 74.6 cm³/mol. The molecule has 104 valence electrons. The Morgan fingerprint density at radius 2 is 2.00 bits per heavy atom. The van der Waals surface area contributed by atoms with E-state index in [1.54, 1.807) is 6.92 Å². The zero-order valence-electron chi connectivity index (χ0n) is 11.7. The molecule has 1 heterocycles. The summed E-state index contributed by atoms with van der Waals surface area (Å²) >= 11 is 0. The molecule has 4 atom stereocenters. The van der Waals surface area contributed by atoms with Crippen LogP contribution in [0.2, 0.25) is 0 Å². The second-order valence-corrected chi connectivity index (χ2v) is 5.29. The molecule has 4 heteroatoms. The number of ether oxygens (including phenoxy) is 1. The molecule has 1 aromatic carbocycles. The molecule has 0 aromatic heterocycles. The molecule has 0 spiro atoms. The molecule has 19 heavy (non-hydrogen) atoms. The van der Waals surface area contributed by atoms with Gasteiger partial charge in [-0.05, 0) is 26.3 Å². The van der Waals surface area contributed by atoms with E-state index >= 15 is 0 Å². The molecule has 1 aliphatic rings. The molecule has 1 fully saturated rings. The summed E-state index contributed by atoms with van der Waals surface area (Å²) in [6, 6.07) is 9.60. The summed E-state index contributed by atoms with van der Waals surface area (Å²) < 4.78 is 5.91. The van der Waals surface area contributed by atoms with Crippen LogP contribution in [0, 0.1) is 0 Å². The van der Waals surface area contributed by atoms with Gasteiger partial charge in [-0.3, -0.25) is 4.79 Å². The zero-order chi connectivity index (χ0) is 14.0. The zero-order valence-corrected chi connectivity index (χ0v) is 11.7. The molecule has 2 rings (SSSR count). The first-order chi connectivity index (χ1) is 9.02. The number of rotatable bonds is 2. The van der Waals surface area contributed by atoms with Gasteiger partial charge in [0.05, 0.1) is 24.7 Å². The van der Waals surface area contributed by atoms with E-state index in [9.17, 15) is 4.79 Å². The van der Waals surface area contributed by atoms with Gasteiger partial charge in [-0.25, -0.2) is 0 Å². The van der Waals surface area contributed by atoms with Gasteiger partial charge in [0.25, 0.3) is 0 Å². The minimum Gasteiger partial charge on any atom is -0.369 e. The first-order valence-electron chi connectivity index (χ1n) is 6.76. The maximum absolute atomic E-state index is 12.2. The maximum Gasteiger partial charge on any atom is 0.239 e. The van der Waals surface area contributed by atoms with E-state index in [0.717, 1.165) is 5.56 Å². The average Bonchev–Trinajstić information content (AvgIpc) is 2.39. The van der Waals surface area contributed by atoms with Crippen LogP contribution in [0.1, 0.15) is 32.4 Å². The van der Waals surface area contributed by atoms with Crippen LogP contribution in [0.25, 0.3) is 0 Å². The van der Waals surface area contributed by atoms with E-state index in [1.807, 2.05) is 49.1 Å². The minimum atomic E-state index is -0.473. The van der Waals surface area contributed by atoms with Crippen molar-refractivity contribution in [3.05, 3.63) is 35.9 Å². The fourth-order valence-corrected chi connectivity index (χ4v) is 2.68. The van der Waals surface area contributed by atoms with Crippen molar-refractivity contribution in [2.24, 2.45) is 5.73 Å². The highest BCUT2D eigenvalue weighted by molar-refractivity contribution is 5.82. The van der Waals surface area contributed by atoms with Crippen LogP contribution in [0.4, 0.5) is 0 Å². The van der Waals surface area contributed by atoms with Crippen LogP contribution >= 0.6 is 0 Å². The van der Waals surface area contributed by atoms with E-state index in [4.69, 9.17) is 10.5 Å². The summed E-state index contributed by atoms with van der Waals surface area (Å²) in [5, 5.41) is 0. The molecule has 2 N–H and O–H groups in total. The highest BCUT2D eigenvalue weighted by Crippen LogP contribution is 2.31. The van der Waals surface area contributed by atoms with Crippen molar-refractivity contribution in [3.63, 3.8) is 0 Å². The number of amides is 1. The Kier molecular flexibility index (Phi) is 4.22. The van der Waals surface area contributed by atoms with Crippen molar-refractivity contribution in [1.29, 1.82) is 0 Å². The molecule has 0 radical (unpaired) electrons. The molecule has 0 unspecified atom stereocenters. The number of morpholine rings is 1. The largest absolute Gasteiger partial charge is 0.369 e. The van der Waals surface area contributed by atoms with E-state index in [1.165, 1.54) is 0 Å². The van der Waals surface area contributed by atoms with Crippen molar-refractivity contribution >= 4 is 5.91 Å². The summed E-state index contributed by atoms with van der Waals surface area (Å²) in [6.45, 7) is 6.29. The molecular formula is C15H22N2O2. The number of hydrogen-bond donors (Lipinski definition) is 1. The Morgan fingerprint density at radius 1 is 1.37 bits per heavy atom. The lowest BCUT2D eigenvalue weighted by molar-refractivity contribution is -0.154. The van der Waals surface area contributed by atoms with Gasteiger partial charge in [-0.15, -0.1) is 0 Å². The first-order valence-corrected chi connectivity index (χ1v) is 6.76. The van der Waals surface area contributed by atoms with Crippen LogP contribution in [0.15, 0.2) is 30.3 Å². The van der Waals surface area contributed by atoms with Crippen molar-refractivity contribution in [3.8, 4) is 0 Å². The number of benzene rings is 1. The quantitative estimate of drug-likeness (QED) is 0.882. The summed E-state index contributed by atoms with van der Waals surface area (Å²) in [6.07, 6.45) is -0.0832. The first kappa shape index (κ1) is 14.0. The fourth-order valence-electron chi connectivity index (χ4n) is 2.68. The number of nitrogens with two attached hydrogens (primary N) is 1. The van der Waals surface area contributed by atoms with Crippen molar-refractivity contribution in [2.45, 2.75) is 45.0 Å². The molecule has 1 aliphatic heterocycles. The smallest absolute Gasteiger partial charge is 0.239 e. The van der Waals surface area contributed by atoms with E-state index in [0.29, 0.717) is 6.61 Å². The van der Waals surface area contributed by atoms with Gasteiger partial charge in [-0.1, -0.05) is 30.3 Å². The minimum absolute atomic E-state index is 0.00958.